The van der Waals surface area contributed by atoms with E-state index in [0.29, 0.717) is 0 Å². The van der Waals surface area contributed by atoms with E-state index in [-0.39, 0.29) is 6.04 Å². The van der Waals surface area contributed by atoms with Crippen molar-refractivity contribution < 1.29 is 0 Å². The van der Waals surface area contributed by atoms with E-state index >= 15 is 0 Å². The molecule has 4 heteroatoms. The van der Waals surface area contributed by atoms with Crippen molar-refractivity contribution in [2.24, 2.45) is 5.73 Å². The molecule has 0 aliphatic carbocycles. The van der Waals surface area contributed by atoms with Gasteiger partial charge in [-0.1, -0.05) is 35.5 Å². The molecule has 0 saturated heterocycles. The Labute approximate surface area is 125 Å². The maximum atomic E-state index is 6.31. The Balaban J connectivity index is 2.08. The van der Waals surface area contributed by atoms with Crippen LogP contribution in [0.3, 0.4) is 0 Å². The third kappa shape index (κ3) is 3.81. The molecule has 1 heterocycles. The molecular formula is C16H21N3S. The highest BCUT2D eigenvalue weighted by molar-refractivity contribution is 7.99. The van der Waals surface area contributed by atoms with Gasteiger partial charge >= 0.3 is 0 Å². The molecule has 0 radical (unpaired) electrons. The Morgan fingerprint density at radius 2 is 1.70 bits per heavy atom. The summed E-state index contributed by atoms with van der Waals surface area (Å²) in [7, 11) is 0. The van der Waals surface area contributed by atoms with Crippen LogP contribution in [0, 0.1) is 27.7 Å². The lowest BCUT2D eigenvalue weighted by Crippen LogP contribution is -2.15. The third-order valence-electron chi connectivity index (χ3n) is 3.19. The molecular weight excluding hydrogens is 266 g/mol. The number of hydrogen-bond donors (Lipinski definition) is 1. The van der Waals surface area contributed by atoms with Gasteiger partial charge in [-0.3, -0.25) is 0 Å². The highest BCUT2D eigenvalue weighted by Gasteiger charge is 2.11. The number of benzene rings is 1. The Kier molecular flexibility index (Phi) is 4.78. The molecule has 20 heavy (non-hydrogen) atoms. The van der Waals surface area contributed by atoms with Crippen LogP contribution in [0.15, 0.2) is 29.4 Å². The van der Waals surface area contributed by atoms with Gasteiger partial charge < -0.3 is 5.73 Å². The van der Waals surface area contributed by atoms with Gasteiger partial charge in [0, 0.05) is 23.2 Å². The molecule has 0 fully saturated rings. The van der Waals surface area contributed by atoms with E-state index in [1.807, 2.05) is 19.9 Å². The monoisotopic (exact) mass is 287 g/mol. The third-order valence-corrected chi connectivity index (χ3v) is 4.15. The second kappa shape index (κ2) is 6.37. The van der Waals surface area contributed by atoms with Gasteiger partial charge in [-0.2, -0.15) is 0 Å². The van der Waals surface area contributed by atoms with Crippen LogP contribution in [0.5, 0.6) is 0 Å². The maximum absolute atomic E-state index is 6.31. The van der Waals surface area contributed by atoms with Crippen LogP contribution in [0.1, 0.15) is 34.1 Å². The van der Waals surface area contributed by atoms with E-state index in [9.17, 15) is 0 Å². The fourth-order valence-electron chi connectivity index (χ4n) is 2.17. The van der Waals surface area contributed by atoms with E-state index < -0.39 is 0 Å². The quantitative estimate of drug-likeness (QED) is 0.690. The summed E-state index contributed by atoms with van der Waals surface area (Å²) in [5.41, 5.74) is 12.0. The minimum Gasteiger partial charge on any atom is -0.323 e. The minimum atomic E-state index is 0.00400. The molecule has 1 aromatic carbocycles. The summed E-state index contributed by atoms with van der Waals surface area (Å²) in [4.78, 5) is 8.87. The molecule has 0 amide bonds. The van der Waals surface area contributed by atoms with E-state index in [1.54, 1.807) is 11.8 Å². The summed E-state index contributed by atoms with van der Waals surface area (Å²) in [6.07, 6.45) is 0. The van der Waals surface area contributed by atoms with Crippen molar-refractivity contribution in [3.63, 3.8) is 0 Å². The lowest BCUT2D eigenvalue weighted by molar-refractivity contribution is 0.814. The fourth-order valence-corrected chi connectivity index (χ4v) is 3.10. The van der Waals surface area contributed by atoms with Crippen molar-refractivity contribution in [2.75, 3.05) is 5.75 Å². The van der Waals surface area contributed by atoms with Crippen LogP contribution in [-0.4, -0.2) is 15.7 Å². The molecule has 2 N–H and O–H groups in total. The minimum absolute atomic E-state index is 0.00400. The van der Waals surface area contributed by atoms with Crippen molar-refractivity contribution >= 4 is 11.8 Å². The summed E-state index contributed by atoms with van der Waals surface area (Å²) < 4.78 is 0. The summed E-state index contributed by atoms with van der Waals surface area (Å²) in [5, 5.41) is 0.809. The van der Waals surface area contributed by atoms with E-state index in [4.69, 9.17) is 5.73 Å². The zero-order chi connectivity index (χ0) is 14.7. The molecule has 2 rings (SSSR count). The zero-order valence-electron chi connectivity index (χ0n) is 12.5. The van der Waals surface area contributed by atoms with Gasteiger partial charge in [0.05, 0.1) is 0 Å². The van der Waals surface area contributed by atoms with Crippen molar-refractivity contribution in [1.29, 1.82) is 0 Å². The molecule has 0 aliphatic rings. The van der Waals surface area contributed by atoms with Crippen molar-refractivity contribution in [3.8, 4) is 0 Å². The van der Waals surface area contributed by atoms with E-state index in [0.717, 1.165) is 22.3 Å². The van der Waals surface area contributed by atoms with Crippen molar-refractivity contribution in [1.82, 2.24) is 9.97 Å². The molecule has 0 bridgehead atoms. The first-order chi connectivity index (χ1) is 9.45. The molecule has 0 aliphatic heterocycles. The number of aryl methyl sites for hydroxylation is 4. The molecule has 2 aromatic rings. The summed E-state index contributed by atoms with van der Waals surface area (Å²) in [6, 6.07) is 8.40. The highest BCUT2D eigenvalue weighted by atomic mass is 32.2. The second-order valence-corrected chi connectivity index (χ2v) is 6.20. The van der Waals surface area contributed by atoms with Crippen molar-refractivity contribution in [3.05, 3.63) is 52.3 Å². The van der Waals surface area contributed by atoms with Crippen LogP contribution < -0.4 is 5.73 Å². The van der Waals surface area contributed by atoms with Crippen LogP contribution in [-0.2, 0) is 0 Å². The van der Waals surface area contributed by atoms with Crippen LogP contribution in [0.4, 0.5) is 0 Å². The van der Waals surface area contributed by atoms with Gasteiger partial charge in [0.2, 0.25) is 0 Å². The number of nitrogens with zero attached hydrogens (tertiary/aromatic N) is 2. The number of aromatic nitrogens is 2. The summed E-state index contributed by atoms with van der Waals surface area (Å²) >= 11 is 1.62. The lowest BCUT2D eigenvalue weighted by Gasteiger charge is -2.15. The van der Waals surface area contributed by atoms with Gasteiger partial charge in [-0.25, -0.2) is 9.97 Å². The molecule has 1 atom stereocenters. The van der Waals surface area contributed by atoms with Gasteiger partial charge in [0.15, 0.2) is 5.16 Å². The van der Waals surface area contributed by atoms with Gasteiger partial charge in [0.25, 0.3) is 0 Å². The second-order valence-electron chi connectivity index (χ2n) is 5.21. The maximum Gasteiger partial charge on any atom is 0.188 e. The smallest absolute Gasteiger partial charge is 0.188 e. The average molecular weight is 287 g/mol. The fraction of sp³-hybridized carbons (Fsp3) is 0.375. The Morgan fingerprint density at radius 1 is 1.05 bits per heavy atom. The predicted molar refractivity (Wildman–Crippen MR) is 85.1 cm³/mol. The summed E-state index contributed by atoms with van der Waals surface area (Å²) in [6.45, 7) is 8.18. The first kappa shape index (κ1) is 15.0. The molecule has 1 unspecified atom stereocenters. The largest absolute Gasteiger partial charge is 0.323 e. The first-order valence-corrected chi connectivity index (χ1v) is 7.72. The first-order valence-electron chi connectivity index (χ1n) is 6.73. The topological polar surface area (TPSA) is 51.8 Å². The van der Waals surface area contributed by atoms with Crippen LogP contribution in [0.2, 0.25) is 0 Å². The molecule has 106 valence electrons. The van der Waals surface area contributed by atoms with Gasteiger partial charge in [-0.15, -0.1) is 0 Å². The van der Waals surface area contributed by atoms with Gasteiger partial charge in [-0.05, 0) is 44.9 Å². The lowest BCUT2D eigenvalue weighted by atomic mass is 10.0. The molecule has 3 nitrogen and oxygen atoms in total. The Hall–Kier alpha value is -1.39. The number of nitrogens with two attached hydrogens (primary N) is 1. The SMILES string of the molecule is Cc1ccc(C)c(C(N)CSc2nc(C)cc(C)n2)c1. The van der Waals surface area contributed by atoms with Crippen LogP contribution >= 0.6 is 11.8 Å². The number of thioether (sulfide) groups is 1. The molecule has 0 spiro atoms. The Bertz CT molecular complexity index is 590. The normalized spacial score (nSPS) is 12.4. The summed E-state index contributed by atoms with van der Waals surface area (Å²) in [5.74, 6) is 0.785. The average Bonchev–Trinajstić information content (AvgIpc) is 2.38. The number of hydrogen-bond acceptors (Lipinski definition) is 4. The standard InChI is InChI=1S/C16H21N3S/c1-10-5-6-11(2)14(7-10)15(17)9-20-16-18-12(3)8-13(4)19-16/h5-8,15H,9,17H2,1-4H3. The van der Waals surface area contributed by atoms with E-state index in [2.05, 4.69) is 42.0 Å². The van der Waals surface area contributed by atoms with Crippen molar-refractivity contribution in [2.45, 2.75) is 38.9 Å². The number of rotatable bonds is 4. The molecule has 1 aromatic heterocycles. The predicted octanol–water partition coefficient (Wildman–Crippen LogP) is 3.50. The Morgan fingerprint density at radius 3 is 2.35 bits per heavy atom. The zero-order valence-corrected chi connectivity index (χ0v) is 13.3. The molecule has 0 saturated carbocycles. The van der Waals surface area contributed by atoms with Gasteiger partial charge in [0.1, 0.15) is 0 Å². The highest BCUT2D eigenvalue weighted by Crippen LogP contribution is 2.24. The van der Waals surface area contributed by atoms with Crippen LogP contribution in [0.25, 0.3) is 0 Å². The van der Waals surface area contributed by atoms with E-state index in [1.165, 1.54) is 16.7 Å².